The molecule has 2 saturated heterocycles. The minimum Gasteiger partial charge on any atom is -0.300 e. The van der Waals surface area contributed by atoms with Gasteiger partial charge in [0, 0.05) is 12.1 Å². The van der Waals surface area contributed by atoms with Crippen LogP contribution < -0.4 is 0 Å². The zero-order chi connectivity index (χ0) is 9.64. The molecule has 2 fully saturated rings. The summed E-state index contributed by atoms with van der Waals surface area (Å²) in [5, 5.41) is -0.735. The molecule has 2 rings (SSSR count). The summed E-state index contributed by atoms with van der Waals surface area (Å²) in [6.45, 7) is 0. The average molecular weight is 207 g/mol. The van der Waals surface area contributed by atoms with E-state index in [-0.39, 0.29) is 12.1 Å². The lowest BCUT2D eigenvalue weighted by atomic mass is 10.0. The van der Waals surface area contributed by atoms with E-state index in [1.165, 1.54) is 0 Å². The number of halogens is 1. The van der Waals surface area contributed by atoms with Gasteiger partial charge in [-0.15, -0.1) is 3.89 Å². The molecule has 0 amide bonds. The van der Waals surface area contributed by atoms with Gasteiger partial charge >= 0.3 is 10.2 Å². The van der Waals surface area contributed by atoms with Gasteiger partial charge in [-0.3, -0.25) is 0 Å². The molecule has 0 aliphatic carbocycles. The predicted octanol–water partition coefficient (Wildman–Crippen LogP) is 0.911. The van der Waals surface area contributed by atoms with E-state index in [9.17, 15) is 12.3 Å². The molecule has 0 spiro atoms. The molecular formula is C8H14FNO2S. The van der Waals surface area contributed by atoms with Crippen molar-refractivity contribution in [2.75, 3.05) is 7.05 Å². The summed E-state index contributed by atoms with van der Waals surface area (Å²) in [5.41, 5.74) is 0. The highest BCUT2D eigenvalue weighted by atomic mass is 32.3. The maximum atomic E-state index is 12.7. The Morgan fingerprint density at radius 3 is 2.08 bits per heavy atom. The van der Waals surface area contributed by atoms with Gasteiger partial charge in [0.05, 0.1) is 5.25 Å². The molecule has 3 nitrogen and oxygen atoms in total. The molecule has 2 aliphatic rings. The summed E-state index contributed by atoms with van der Waals surface area (Å²) in [6, 6.07) is 0.573. The third-order valence-electron chi connectivity index (χ3n) is 3.45. The van der Waals surface area contributed by atoms with Crippen molar-refractivity contribution in [2.24, 2.45) is 0 Å². The number of nitrogens with zero attached hydrogens (tertiary/aromatic N) is 1. The molecule has 76 valence electrons. The van der Waals surface area contributed by atoms with E-state index in [2.05, 4.69) is 4.90 Å². The van der Waals surface area contributed by atoms with Gasteiger partial charge in [0.2, 0.25) is 0 Å². The van der Waals surface area contributed by atoms with E-state index in [0.717, 1.165) is 12.8 Å². The minimum atomic E-state index is -4.30. The first-order chi connectivity index (χ1) is 5.98. The number of piperidine rings is 1. The first-order valence-corrected chi connectivity index (χ1v) is 6.08. The molecule has 2 atom stereocenters. The van der Waals surface area contributed by atoms with E-state index < -0.39 is 15.5 Å². The first-order valence-electron chi connectivity index (χ1n) is 4.64. The van der Waals surface area contributed by atoms with Crippen molar-refractivity contribution in [1.29, 1.82) is 0 Å². The van der Waals surface area contributed by atoms with Crippen molar-refractivity contribution < 1.29 is 12.3 Å². The molecule has 0 saturated carbocycles. The number of rotatable bonds is 1. The van der Waals surface area contributed by atoms with Crippen molar-refractivity contribution in [3.8, 4) is 0 Å². The Labute approximate surface area is 78.1 Å². The lowest BCUT2D eigenvalue weighted by Gasteiger charge is -2.34. The van der Waals surface area contributed by atoms with Gasteiger partial charge in [-0.05, 0) is 32.7 Å². The van der Waals surface area contributed by atoms with Gasteiger partial charge in [0.1, 0.15) is 0 Å². The second-order valence-corrected chi connectivity index (χ2v) is 5.74. The Balaban J connectivity index is 2.16. The average Bonchev–Trinajstić information content (AvgIpc) is 2.29. The van der Waals surface area contributed by atoms with Crippen LogP contribution in [0.3, 0.4) is 0 Å². The molecule has 2 unspecified atom stereocenters. The van der Waals surface area contributed by atoms with Crippen LogP contribution in [-0.4, -0.2) is 37.7 Å². The van der Waals surface area contributed by atoms with Crippen LogP contribution in [0.1, 0.15) is 25.7 Å². The van der Waals surface area contributed by atoms with Crippen LogP contribution in [0.15, 0.2) is 0 Å². The van der Waals surface area contributed by atoms with E-state index in [4.69, 9.17) is 0 Å². The van der Waals surface area contributed by atoms with Gasteiger partial charge in [-0.1, -0.05) is 0 Å². The Morgan fingerprint density at radius 1 is 1.23 bits per heavy atom. The van der Waals surface area contributed by atoms with Crippen LogP contribution in [-0.2, 0) is 10.2 Å². The smallest absolute Gasteiger partial charge is 0.300 e. The summed E-state index contributed by atoms with van der Waals surface area (Å²) >= 11 is 0. The van der Waals surface area contributed by atoms with Crippen molar-refractivity contribution in [3.63, 3.8) is 0 Å². The molecule has 0 N–H and O–H groups in total. The second kappa shape index (κ2) is 2.92. The molecule has 2 aliphatic heterocycles. The fraction of sp³-hybridized carbons (Fsp3) is 1.00. The lowest BCUT2D eigenvalue weighted by Crippen LogP contribution is -2.43. The van der Waals surface area contributed by atoms with E-state index in [0.29, 0.717) is 12.8 Å². The van der Waals surface area contributed by atoms with Crippen LogP contribution in [0.4, 0.5) is 3.89 Å². The molecule has 0 aromatic heterocycles. The second-order valence-electron chi connectivity index (χ2n) is 4.12. The predicted molar refractivity (Wildman–Crippen MR) is 47.6 cm³/mol. The van der Waals surface area contributed by atoms with Crippen molar-refractivity contribution in [1.82, 2.24) is 4.90 Å². The molecule has 5 heteroatoms. The molecule has 13 heavy (non-hydrogen) atoms. The van der Waals surface area contributed by atoms with Crippen LogP contribution in [0.5, 0.6) is 0 Å². The quantitative estimate of drug-likeness (QED) is 0.600. The highest BCUT2D eigenvalue weighted by molar-refractivity contribution is 7.87. The van der Waals surface area contributed by atoms with Crippen molar-refractivity contribution in [3.05, 3.63) is 0 Å². The molecule has 0 aromatic carbocycles. The lowest BCUT2D eigenvalue weighted by molar-refractivity contribution is 0.179. The zero-order valence-corrected chi connectivity index (χ0v) is 8.43. The Hall–Kier alpha value is -0.160. The van der Waals surface area contributed by atoms with Crippen molar-refractivity contribution in [2.45, 2.75) is 43.0 Å². The minimum absolute atomic E-state index is 0.286. The van der Waals surface area contributed by atoms with E-state index in [1.54, 1.807) is 0 Å². The molecule has 2 heterocycles. The van der Waals surface area contributed by atoms with E-state index in [1.807, 2.05) is 7.05 Å². The third-order valence-corrected chi connectivity index (χ3v) is 4.63. The van der Waals surface area contributed by atoms with Crippen LogP contribution in [0.25, 0.3) is 0 Å². The highest BCUT2D eigenvalue weighted by Crippen LogP contribution is 2.37. The molecule has 0 radical (unpaired) electrons. The van der Waals surface area contributed by atoms with Crippen LogP contribution in [0, 0.1) is 0 Å². The van der Waals surface area contributed by atoms with Gasteiger partial charge in [-0.2, -0.15) is 8.42 Å². The van der Waals surface area contributed by atoms with Gasteiger partial charge < -0.3 is 4.90 Å². The Morgan fingerprint density at radius 2 is 1.69 bits per heavy atom. The molecule has 2 bridgehead atoms. The van der Waals surface area contributed by atoms with Gasteiger partial charge in [0.15, 0.2) is 0 Å². The van der Waals surface area contributed by atoms with Crippen LogP contribution >= 0.6 is 0 Å². The topological polar surface area (TPSA) is 37.4 Å². The summed E-state index contributed by atoms with van der Waals surface area (Å²) in [7, 11) is -2.30. The third kappa shape index (κ3) is 1.59. The fourth-order valence-corrected chi connectivity index (χ4v) is 3.50. The number of fused-ring (bicyclic) bond motifs is 2. The van der Waals surface area contributed by atoms with Gasteiger partial charge in [-0.25, -0.2) is 0 Å². The maximum Gasteiger partial charge on any atom is 0.305 e. The summed E-state index contributed by atoms with van der Waals surface area (Å²) in [6.07, 6.45) is 3.00. The normalized spacial score (nSPS) is 40.9. The maximum absolute atomic E-state index is 12.7. The summed E-state index contributed by atoms with van der Waals surface area (Å²) in [4.78, 5) is 2.20. The number of hydrogen-bond acceptors (Lipinski definition) is 3. The SMILES string of the molecule is CN1C2CCC1CC(S(=O)(=O)F)C2. The monoisotopic (exact) mass is 207 g/mol. The molecular weight excluding hydrogens is 193 g/mol. The standard InChI is InChI=1S/C8H14FNO2S/c1-10-6-2-3-7(10)5-8(4-6)13(9,11)12/h6-8H,2-5H2,1H3. The zero-order valence-electron chi connectivity index (χ0n) is 7.61. The Kier molecular flexibility index (Phi) is 2.11. The largest absolute Gasteiger partial charge is 0.305 e. The highest BCUT2D eigenvalue weighted by Gasteiger charge is 2.43. The van der Waals surface area contributed by atoms with Crippen LogP contribution in [0.2, 0.25) is 0 Å². The first kappa shape index (κ1) is 9.40. The Bertz CT molecular complexity index is 289. The van der Waals surface area contributed by atoms with Crippen molar-refractivity contribution >= 4 is 10.2 Å². The molecule has 0 aromatic rings. The summed E-state index contributed by atoms with van der Waals surface area (Å²) in [5.74, 6) is 0. The van der Waals surface area contributed by atoms with E-state index >= 15 is 0 Å². The fourth-order valence-electron chi connectivity index (χ4n) is 2.59. The summed E-state index contributed by atoms with van der Waals surface area (Å²) < 4.78 is 34.2. The number of hydrogen-bond donors (Lipinski definition) is 0. The van der Waals surface area contributed by atoms with Gasteiger partial charge in [0.25, 0.3) is 0 Å².